The van der Waals surface area contributed by atoms with Crippen molar-refractivity contribution in [2.75, 3.05) is 18.1 Å². The molecule has 0 fully saturated rings. The third kappa shape index (κ3) is 1.99. The highest BCUT2D eigenvalue weighted by Gasteiger charge is 2.21. The van der Waals surface area contributed by atoms with Crippen LogP contribution in [0.15, 0.2) is 24.3 Å². The van der Waals surface area contributed by atoms with Crippen LogP contribution in [0.1, 0.15) is 18.1 Å². The van der Waals surface area contributed by atoms with Crippen molar-refractivity contribution in [2.24, 2.45) is 0 Å². The Morgan fingerprint density at radius 2 is 2.38 bits per heavy atom. The number of carbonyl (C=O) groups is 1. The summed E-state index contributed by atoms with van der Waals surface area (Å²) in [6, 6.07) is 6.01. The first-order valence-electron chi connectivity index (χ1n) is 5.41. The van der Waals surface area contributed by atoms with Crippen molar-refractivity contribution >= 4 is 17.7 Å². The number of hydrogen-bond donors (Lipinski definition) is 1. The lowest BCUT2D eigenvalue weighted by Crippen LogP contribution is -2.25. The van der Waals surface area contributed by atoms with Crippen LogP contribution in [0.2, 0.25) is 0 Å². The minimum absolute atomic E-state index is 0.0522. The van der Waals surface area contributed by atoms with E-state index < -0.39 is 0 Å². The summed E-state index contributed by atoms with van der Waals surface area (Å²) in [5.41, 5.74) is 3.29. The van der Waals surface area contributed by atoms with Gasteiger partial charge in [-0.3, -0.25) is 4.79 Å². The first-order chi connectivity index (χ1) is 7.72. The van der Waals surface area contributed by atoms with Gasteiger partial charge in [0.05, 0.1) is 6.61 Å². The summed E-state index contributed by atoms with van der Waals surface area (Å²) in [5.74, 6) is 0.0948. The Bertz CT molecular complexity index is 438. The maximum Gasteiger partial charge on any atom is 0.223 e. The van der Waals surface area contributed by atoms with Gasteiger partial charge in [0, 0.05) is 19.2 Å². The highest BCUT2D eigenvalue weighted by molar-refractivity contribution is 5.93. The number of fused-ring (bicyclic) bond motifs is 1. The monoisotopic (exact) mass is 217 g/mol. The Morgan fingerprint density at radius 1 is 1.56 bits per heavy atom. The fourth-order valence-electron chi connectivity index (χ4n) is 2.04. The van der Waals surface area contributed by atoms with E-state index in [2.05, 4.69) is 6.07 Å². The van der Waals surface area contributed by atoms with Crippen molar-refractivity contribution in [1.82, 2.24) is 0 Å². The Kier molecular flexibility index (Phi) is 3.06. The number of rotatable bonds is 2. The van der Waals surface area contributed by atoms with E-state index in [9.17, 15) is 4.79 Å². The van der Waals surface area contributed by atoms with Crippen LogP contribution in [-0.4, -0.2) is 24.2 Å². The molecule has 3 heteroatoms. The first-order valence-corrected chi connectivity index (χ1v) is 5.41. The zero-order valence-corrected chi connectivity index (χ0v) is 9.31. The number of benzene rings is 1. The Balaban J connectivity index is 2.29. The largest absolute Gasteiger partial charge is 0.392 e. The van der Waals surface area contributed by atoms with Gasteiger partial charge in [-0.1, -0.05) is 18.2 Å². The van der Waals surface area contributed by atoms with Crippen LogP contribution < -0.4 is 4.90 Å². The van der Waals surface area contributed by atoms with Crippen LogP contribution in [0.3, 0.4) is 0 Å². The maximum absolute atomic E-state index is 11.3. The molecule has 1 heterocycles. The van der Waals surface area contributed by atoms with E-state index in [1.54, 1.807) is 17.9 Å². The molecule has 84 valence electrons. The van der Waals surface area contributed by atoms with E-state index in [-0.39, 0.29) is 12.5 Å². The number of amides is 1. The number of anilines is 1. The minimum atomic E-state index is 0.0522. The number of aliphatic hydroxyl groups excluding tert-OH is 1. The first kappa shape index (κ1) is 10.9. The molecule has 1 N–H and O–H groups in total. The Hall–Kier alpha value is -1.61. The summed E-state index contributed by atoms with van der Waals surface area (Å²) in [5, 5.41) is 8.70. The molecule has 1 aromatic carbocycles. The van der Waals surface area contributed by atoms with Crippen molar-refractivity contribution in [1.29, 1.82) is 0 Å². The van der Waals surface area contributed by atoms with Crippen molar-refractivity contribution < 1.29 is 9.90 Å². The van der Waals surface area contributed by atoms with E-state index in [0.29, 0.717) is 0 Å². The molecule has 0 unspecified atom stereocenters. The molecular weight excluding hydrogens is 202 g/mol. The highest BCUT2D eigenvalue weighted by Crippen LogP contribution is 2.29. The van der Waals surface area contributed by atoms with Crippen LogP contribution in [0.4, 0.5) is 5.69 Å². The van der Waals surface area contributed by atoms with Gasteiger partial charge in [-0.2, -0.15) is 0 Å². The summed E-state index contributed by atoms with van der Waals surface area (Å²) < 4.78 is 0. The van der Waals surface area contributed by atoms with Gasteiger partial charge in [0.15, 0.2) is 0 Å². The van der Waals surface area contributed by atoms with E-state index in [4.69, 9.17) is 5.11 Å². The van der Waals surface area contributed by atoms with Gasteiger partial charge in [0.2, 0.25) is 5.91 Å². The average Bonchev–Trinajstić information content (AvgIpc) is 2.69. The lowest BCUT2D eigenvalue weighted by molar-refractivity contribution is -0.116. The number of carbonyl (C=O) groups excluding carboxylic acids is 1. The van der Waals surface area contributed by atoms with E-state index in [1.807, 2.05) is 18.2 Å². The summed E-state index contributed by atoms with van der Waals surface area (Å²) in [6.45, 7) is 2.42. The van der Waals surface area contributed by atoms with Gasteiger partial charge in [0.25, 0.3) is 0 Å². The predicted octanol–water partition coefficient (Wildman–Crippen LogP) is 1.60. The van der Waals surface area contributed by atoms with Crippen LogP contribution in [0.25, 0.3) is 6.08 Å². The predicted molar refractivity (Wildman–Crippen MR) is 64.3 cm³/mol. The van der Waals surface area contributed by atoms with Gasteiger partial charge in [-0.25, -0.2) is 0 Å². The molecule has 0 bridgehead atoms. The topological polar surface area (TPSA) is 40.5 Å². The van der Waals surface area contributed by atoms with Gasteiger partial charge < -0.3 is 10.0 Å². The zero-order chi connectivity index (χ0) is 11.5. The van der Waals surface area contributed by atoms with Gasteiger partial charge in [-0.05, 0) is 29.7 Å². The molecule has 0 aliphatic carbocycles. The number of nitrogens with zero attached hydrogens (tertiary/aromatic N) is 1. The molecule has 1 aliphatic heterocycles. The Labute approximate surface area is 95.0 Å². The normalized spacial score (nSPS) is 14.5. The van der Waals surface area contributed by atoms with Crippen LogP contribution in [0, 0.1) is 0 Å². The maximum atomic E-state index is 11.3. The molecular formula is C13H15NO2. The zero-order valence-electron chi connectivity index (χ0n) is 9.31. The third-order valence-corrected chi connectivity index (χ3v) is 2.79. The molecule has 0 saturated carbocycles. The standard InChI is InChI=1S/C13H15NO2/c1-10(16)14-7-6-12-9-11(3-2-8-15)4-5-13(12)14/h2-5,9,15H,6-8H2,1H3. The fraction of sp³-hybridized carbons (Fsp3) is 0.308. The van der Waals surface area contributed by atoms with Gasteiger partial charge in [0.1, 0.15) is 0 Å². The lowest BCUT2D eigenvalue weighted by Gasteiger charge is -2.14. The summed E-state index contributed by atoms with van der Waals surface area (Å²) in [6.07, 6.45) is 4.51. The molecule has 2 rings (SSSR count). The third-order valence-electron chi connectivity index (χ3n) is 2.79. The number of hydrogen-bond acceptors (Lipinski definition) is 2. The van der Waals surface area contributed by atoms with Crippen molar-refractivity contribution in [3.05, 3.63) is 35.4 Å². The number of aliphatic hydroxyl groups is 1. The molecule has 0 radical (unpaired) electrons. The van der Waals surface area contributed by atoms with Crippen LogP contribution in [0.5, 0.6) is 0 Å². The Morgan fingerprint density at radius 3 is 3.06 bits per heavy atom. The molecule has 1 aliphatic rings. The molecule has 1 aromatic rings. The molecule has 1 amide bonds. The second kappa shape index (κ2) is 4.49. The second-order valence-electron chi connectivity index (χ2n) is 3.89. The lowest BCUT2D eigenvalue weighted by atomic mass is 10.1. The van der Waals surface area contributed by atoms with Crippen molar-refractivity contribution in [3.8, 4) is 0 Å². The summed E-state index contributed by atoms with van der Waals surface area (Å²) in [7, 11) is 0. The summed E-state index contributed by atoms with van der Waals surface area (Å²) >= 11 is 0. The quantitative estimate of drug-likeness (QED) is 0.817. The molecule has 0 spiro atoms. The van der Waals surface area contributed by atoms with E-state index in [0.717, 1.165) is 24.2 Å². The summed E-state index contributed by atoms with van der Waals surface area (Å²) in [4.78, 5) is 13.1. The van der Waals surface area contributed by atoms with Crippen LogP contribution >= 0.6 is 0 Å². The van der Waals surface area contributed by atoms with Crippen molar-refractivity contribution in [2.45, 2.75) is 13.3 Å². The molecule has 0 aromatic heterocycles. The molecule has 3 nitrogen and oxygen atoms in total. The minimum Gasteiger partial charge on any atom is -0.392 e. The molecule has 0 saturated heterocycles. The van der Waals surface area contributed by atoms with E-state index >= 15 is 0 Å². The fourth-order valence-corrected chi connectivity index (χ4v) is 2.04. The second-order valence-corrected chi connectivity index (χ2v) is 3.89. The van der Waals surface area contributed by atoms with Crippen molar-refractivity contribution in [3.63, 3.8) is 0 Å². The highest BCUT2D eigenvalue weighted by atomic mass is 16.2. The van der Waals surface area contributed by atoms with Gasteiger partial charge >= 0.3 is 0 Å². The van der Waals surface area contributed by atoms with Gasteiger partial charge in [-0.15, -0.1) is 0 Å². The molecule has 0 atom stereocenters. The van der Waals surface area contributed by atoms with E-state index in [1.165, 1.54) is 5.56 Å². The average molecular weight is 217 g/mol. The smallest absolute Gasteiger partial charge is 0.223 e. The molecule has 16 heavy (non-hydrogen) atoms. The SMILES string of the molecule is CC(=O)N1CCc2cc(C=CCO)ccc21. The van der Waals surface area contributed by atoms with Crippen LogP contribution in [-0.2, 0) is 11.2 Å².